The molecule has 1 N–H and O–H groups in total. The molecule has 0 saturated carbocycles. The third-order valence-corrected chi connectivity index (χ3v) is 4.38. The second-order valence-corrected chi connectivity index (χ2v) is 5.96. The molecule has 1 aromatic heterocycles. The van der Waals surface area contributed by atoms with E-state index >= 15 is 0 Å². The molecule has 6 heteroatoms. The standard InChI is InChI=1S/C20H14N4O2/c1-3-7-15(8-4-1)20(16-9-5-2-6-10-16)25-17-12-11-14(13-18(17)26-20)19-21-23-24-22-19/h1-13H,(H,21,22,23,24). The number of nitrogens with one attached hydrogen (secondary N) is 1. The van der Waals surface area contributed by atoms with Gasteiger partial charge in [-0.25, -0.2) is 5.10 Å². The van der Waals surface area contributed by atoms with E-state index in [1.807, 2.05) is 78.9 Å². The maximum absolute atomic E-state index is 6.40. The second kappa shape index (κ2) is 5.70. The van der Waals surface area contributed by atoms with Crippen molar-refractivity contribution in [1.29, 1.82) is 0 Å². The minimum absolute atomic E-state index is 0.577. The van der Waals surface area contributed by atoms with Gasteiger partial charge in [-0.3, -0.25) is 0 Å². The highest BCUT2D eigenvalue weighted by Crippen LogP contribution is 2.48. The average molecular weight is 342 g/mol. The lowest BCUT2D eigenvalue weighted by Crippen LogP contribution is -2.36. The van der Waals surface area contributed by atoms with E-state index in [-0.39, 0.29) is 0 Å². The quantitative estimate of drug-likeness (QED) is 0.616. The number of hydrogen-bond donors (Lipinski definition) is 1. The fraction of sp³-hybridized carbons (Fsp3) is 0.0500. The highest BCUT2D eigenvalue weighted by atomic mass is 16.7. The Balaban J connectivity index is 1.63. The fourth-order valence-electron chi connectivity index (χ4n) is 3.15. The van der Waals surface area contributed by atoms with E-state index < -0.39 is 5.79 Å². The summed E-state index contributed by atoms with van der Waals surface area (Å²) in [6.45, 7) is 0. The highest BCUT2D eigenvalue weighted by Gasteiger charge is 2.45. The molecule has 4 aromatic rings. The zero-order valence-electron chi connectivity index (χ0n) is 13.7. The van der Waals surface area contributed by atoms with Crippen LogP contribution in [0.3, 0.4) is 0 Å². The molecule has 0 saturated heterocycles. The van der Waals surface area contributed by atoms with Gasteiger partial charge in [-0.15, -0.1) is 5.10 Å². The van der Waals surface area contributed by atoms with Gasteiger partial charge in [0.1, 0.15) is 0 Å². The summed E-state index contributed by atoms with van der Waals surface area (Å²) in [5.74, 6) is 0.872. The van der Waals surface area contributed by atoms with Crippen molar-refractivity contribution in [3.8, 4) is 22.9 Å². The Labute approximate surface area is 149 Å². The van der Waals surface area contributed by atoms with Gasteiger partial charge >= 0.3 is 5.79 Å². The zero-order valence-corrected chi connectivity index (χ0v) is 13.7. The minimum atomic E-state index is -1.02. The Kier molecular flexibility index (Phi) is 3.21. The van der Waals surface area contributed by atoms with E-state index in [1.54, 1.807) is 0 Å². The van der Waals surface area contributed by atoms with Crippen molar-refractivity contribution in [2.24, 2.45) is 0 Å². The molecule has 1 aliphatic rings. The van der Waals surface area contributed by atoms with Crippen LogP contribution < -0.4 is 9.47 Å². The molecule has 126 valence electrons. The number of rotatable bonds is 3. The van der Waals surface area contributed by atoms with Crippen LogP contribution in [0, 0.1) is 0 Å². The van der Waals surface area contributed by atoms with E-state index in [2.05, 4.69) is 20.6 Å². The molecule has 0 aliphatic carbocycles. The summed E-state index contributed by atoms with van der Waals surface area (Å²) in [5, 5.41) is 14.0. The van der Waals surface area contributed by atoms with Crippen LogP contribution in [0.15, 0.2) is 78.9 Å². The number of ether oxygens (including phenoxy) is 2. The molecule has 6 nitrogen and oxygen atoms in total. The molecule has 0 fully saturated rings. The molecule has 0 bridgehead atoms. The van der Waals surface area contributed by atoms with E-state index in [9.17, 15) is 0 Å². The molecule has 2 heterocycles. The lowest BCUT2D eigenvalue weighted by atomic mass is 9.97. The van der Waals surface area contributed by atoms with Crippen molar-refractivity contribution in [2.75, 3.05) is 0 Å². The maximum atomic E-state index is 6.40. The number of H-pyrrole nitrogens is 1. The molecule has 1 aliphatic heterocycles. The van der Waals surface area contributed by atoms with Crippen LogP contribution in [-0.2, 0) is 5.79 Å². The average Bonchev–Trinajstić information content (AvgIpc) is 3.37. The van der Waals surface area contributed by atoms with Crippen LogP contribution in [0.25, 0.3) is 11.4 Å². The summed E-state index contributed by atoms with van der Waals surface area (Å²) in [5.41, 5.74) is 2.67. The Morgan fingerprint density at radius 1 is 0.731 bits per heavy atom. The SMILES string of the molecule is c1ccc(C2(c3ccccc3)Oc3ccc(-c4nnn[nH]4)cc3O2)cc1. The number of fused-ring (bicyclic) bond motifs is 1. The van der Waals surface area contributed by atoms with Gasteiger partial charge in [-0.1, -0.05) is 60.7 Å². The zero-order chi connectivity index (χ0) is 17.4. The summed E-state index contributed by atoms with van der Waals surface area (Å²) < 4.78 is 12.8. The van der Waals surface area contributed by atoms with Crippen LogP contribution in [0.1, 0.15) is 11.1 Å². The fourth-order valence-corrected chi connectivity index (χ4v) is 3.15. The van der Waals surface area contributed by atoms with E-state index in [0.717, 1.165) is 16.7 Å². The number of hydrogen-bond acceptors (Lipinski definition) is 5. The lowest BCUT2D eigenvalue weighted by molar-refractivity contribution is -0.0459. The van der Waals surface area contributed by atoms with Crippen molar-refractivity contribution >= 4 is 0 Å². The Bertz CT molecular complexity index is 995. The molecule has 5 rings (SSSR count). The van der Waals surface area contributed by atoms with Gasteiger partial charge in [0.25, 0.3) is 0 Å². The molecule has 0 atom stereocenters. The van der Waals surface area contributed by atoms with Crippen LogP contribution in [-0.4, -0.2) is 20.6 Å². The normalized spacial score (nSPS) is 14.3. The van der Waals surface area contributed by atoms with Gasteiger partial charge < -0.3 is 9.47 Å². The first-order valence-electron chi connectivity index (χ1n) is 8.22. The predicted molar refractivity (Wildman–Crippen MR) is 94.5 cm³/mol. The van der Waals surface area contributed by atoms with Crippen LogP contribution >= 0.6 is 0 Å². The van der Waals surface area contributed by atoms with Crippen molar-refractivity contribution in [1.82, 2.24) is 20.6 Å². The van der Waals surface area contributed by atoms with Crippen molar-refractivity contribution in [2.45, 2.75) is 5.79 Å². The monoisotopic (exact) mass is 342 g/mol. The van der Waals surface area contributed by atoms with Crippen molar-refractivity contribution in [3.05, 3.63) is 90.0 Å². The van der Waals surface area contributed by atoms with Gasteiger partial charge in [-0.05, 0) is 28.6 Å². The first-order chi connectivity index (χ1) is 12.9. The maximum Gasteiger partial charge on any atom is 0.305 e. The summed E-state index contributed by atoms with van der Waals surface area (Å²) >= 11 is 0. The van der Waals surface area contributed by atoms with Gasteiger partial charge in [0, 0.05) is 16.7 Å². The van der Waals surface area contributed by atoms with E-state index in [4.69, 9.17) is 9.47 Å². The number of aromatic amines is 1. The number of aromatic nitrogens is 4. The first-order valence-corrected chi connectivity index (χ1v) is 8.22. The predicted octanol–water partition coefficient (Wildman–Crippen LogP) is 3.54. The van der Waals surface area contributed by atoms with Gasteiger partial charge in [0.05, 0.1) is 0 Å². The molecular weight excluding hydrogens is 328 g/mol. The topological polar surface area (TPSA) is 72.9 Å². The second-order valence-electron chi connectivity index (χ2n) is 5.96. The Hall–Kier alpha value is -3.67. The molecule has 3 aromatic carbocycles. The molecule has 0 radical (unpaired) electrons. The smallest absolute Gasteiger partial charge is 0.305 e. The van der Waals surface area contributed by atoms with Crippen LogP contribution in [0.5, 0.6) is 11.5 Å². The van der Waals surface area contributed by atoms with E-state index in [1.165, 1.54) is 0 Å². The number of nitrogens with zero attached hydrogens (tertiary/aromatic N) is 3. The van der Waals surface area contributed by atoms with Crippen molar-refractivity contribution in [3.63, 3.8) is 0 Å². The first kappa shape index (κ1) is 14.7. The molecular formula is C20H14N4O2. The van der Waals surface area contributed by atoms with Gasteiger partial charge in [-0.2, -0.15) is 0 Å². The number of tetrazole rings is 1. The largest absolute Gasteiger partial charge is 0.440 e. The Morgan fingerprint density at radius 2 is 1.38 bits per heavy atom. The summed E-state index contributed by atoms with van der Waals surface area (Å²) in [6.07, 6.45) is 0. The minimum Gasteiger partial charge on any atom is -0.440 e. The third-order valence-electron chi connectivity index (χ3n) is 4.38. The third kappa shape index (κ3) is 2.23. The Morgan fingerprint density at radius 3 is 2.00 bits per heavy atom. The molecule has 0 spiro atoms. The molecule has 0 unspecified atom stereocenters. The van der Waals surface area contributed by atoms with Crippen LogP contribution in [0.2, 0.25) is 0 Å². The van der Waals surface area contributed by atoms with E-state index in [0.29, 0.717) is 17.3 Å². The summed E-state index contributed by atoms with van der Waals surface area (Å²) in [7, 11) is 0. The lowest BCUT2D eigenvalue weighted by Gasteiger charge is -2.28. The van der Waals surface area contributed by atoms with Gasteiger partial charge in [0.15, 0.2) is 17.3 Å². The summed E-state index contributed by atoms with van der Waals surface area (Å²) in [4.78, 5) is 0. The van der Waals surface area contributed by atoms with Crippen LogP contribution in [0.4, 0.5) is 0 Å². The van der Waals surface area contributed by atoms with Gasteiger partial charge in [0.2, 0.25) is 0 Å². The summed E-state index contributed by atoms with van der Waals surface area (Å²) in [6, 6.07) is 25.5. The molecule has 26 heavy (non-hydrogen) atoms. The highest BCUT2D eigenvalue weighted by molar-refractivity contribution is 5.62. The number of benzene rings is 3. The van der Waals surface area contributed by atoms with Crippen molar-refractivity contribution < 1.29 is 9.47 Å². The molecule has 0 amide bonds.